The molecule has 3 nitrogen and oxygen atoms in total. The van der Waals surface area contributed by atoms with Crippen LogP contribution in [0.1, 0.15) is 30.5 Å². The Hall–Kier alpha value is -1.94. The largest absolute Gasteiger partial charge is 0.494 e. The second-order valence-electron chi connectivity index (χ2n) is 5.54. The van der Waals surface area contributed by atoms with Gasteiger partial charge in [-0.3, -0.25) is 4.79 Å². The van der Waals surface area contributed by atoms with Crippen molar-refractivity contribution in [3.05, 3.63) is 59.2 Å². The van der Waals surface area contributed by atoms with Crippen molar-refractivity contribution in [1.82, 2.24) is 0 Å². The van der Waals surface area contributed by atoms with Gasteiger partial charge in [0.25, 0.3) is 0 Å². The number of aryl methyl sites for hydroxylation is 2. The van der Waals surface area contributed by atoms with Gasteiger partial charge in [0.1, 0.15) is 5.75 Å². The molecule has 2 aromatic rings. The van der Waals surface area contributed by atoms with Crippen molar-refractivity contribution in [1.29, 1.82) is 0 Å². The zero-order valence-corrected chi connectivity index (χ0v) is 15.4. The Kier molecular flexibility index (Phi) is 7.19. The third-order valence-electron chi connectivity index (χ3n) is 3.77. The van der Waals surface area contributed by atoms with Gasteiger partial charge in [0.05, 0.1) is 12.4 Å². The summed E-state index contributed by atoms with van der Waals surface area (Å²) in [6, 6.07) is 14.1. The summed E-state index contributed by atoms with van der Waals surface area (Å²) in [6.07, 6.45) is 0.909. The number of anilines is 1. The predicted octanol–water partition coefficient (Wildman–Crippen LogP) is 4.83. The van der Waals surface area contributed by atoms with E-state index in [1.807, 2.05) is 50.2 Å². The Balaban J connectivity index is 1.91. The summed E-state index contributed by atoms with van der Waals surface area (Å²) in [4.78, 5) is 12.3. The average molecular weight is 343 g/mol. The minimum absolute atomic E-state index is 0.0397. The molecule has 2 aromatic carbocycles. The zero-order valence-electron chi connectivity index (χ0n) is 14.6. The van der Waals surface area contributed by atoms with Crippen molar-refractivity contribution in [3.8, 4) is 5.75 Å². The highest BCUT2D eigenvalue weighted by Crippen LogP contribution is 2.24. The lowest BCUT2D eigenvalue weighted by molar-refractivity contribution is -0.113. The highest BCUT2D eigenvalue weighted by atomic mass is 32.2. The molecule has 2 rings (SSSR count). The van der Waals surface area contributed by atoms with Crippen LogP contribution in [-0.4, -0.2) is 18.3 Å². The van der Waals surface area contributed by atoms with Crippen LogP contribution in [0.3, 0.4) is 0 Å². The molecule has 0 aliphatic rings. The Bertz CT molecular complexity index is 685. The standard InChI is InChI=1S/C20H25NO2S/c1-4-16-11-8-9-15(3)20(16)21-19(22)14-24-13-17-10-6-7-12-18(17)23-5-2/h6-12H,4-5,13-14H2,1-3H3,(H,21,22). The van der Waals surface area contributed by atoms with Crippen LogP contribution in [0, 0.1) is 6.92 Å². The Morgan fingerprint density at radius 1 is 1.08 bits per heavy atom. The van der Waals surface area contributed by atoms with Crippen LogP contribution in [0.25, 0.3) is 0 Å². The van der Waals surface area contributed by atoms with E-state index in [1.165, 1.54) is 5.56 Å². The lowest BCUT2D eigenvalue weighted by Gasteiger charge is -2.13. The maximum atomic E-state index is 12.3. The fourth-order valence-electron chi connectivity index (χ4n) is 2.55. The number of amides is 1. The molecule has 0 radical (unpaired) electrons. The first kappa shape index (κ1) is 18.4. The molecule has 0 aliphatic heterocycles. The molecule has 0 aromatic heterocycles. The van der Waals surface area contributed by atoms with Gasteiger partial charge < -0.3 is 10.1 Å². The number of benzene rings is 2. The molecule has 0 bridgehead atoms. The van der Waals surface area contributed by atoms with E-state index in [0.29, 0.717) is 12.4 Å². The molecular weight excluding hydrogens is 318 g/mol. The first-order valence-electron chi connectivity index (χ1n) is 8.32. The lowest BCUT2D eigenvalue weighted by atomic mass is 10.1. The quantitative estimate of drug-likeness (QED) is 0.746. The van der Waals surface area contributed by atoms with Crippen LogP contribution in [0.2, 0.25) is 0 Å². The maximum Gasteiger partial charge on any atom is 0.234 e. The van der Waals surface area contributed by atoms with Crippen molar-refractivity contribution in [3.63, 3.8) is 0 Å². The summed E-state index contributed by atoms with van der Waals surface area (Å²) in [5, 5.41) is 3.06. The Morgan fingerprint density at radius 2 is 1.83 bits per heavy atom. The predicted molar refractivity (Wildman–Crippen MR) is 103 cm³/mol. The number of nitrogens with one attached hydrogen (secondary N) is 1. The SMILES string of the molecule is CCOc1ccccc1CSCC(=O)Nc1c(C)cccc1CC. The normalized spacial score (nSPS) is 10.5. The van der Waals surface area contributed by atoms with E-state index in [2.05, 4.69) is 18.3 Å². The number of rotatable bonds is 8. The maximum absolute atomic E-state index is 12.3. The summed E-state index contributed by atoms with van der Waals surface area (Å²) < 4.78 is 5.62. The van der Waals surface area contributed by atoms with Gasteiger partial charge in [-0.2, -0.15) is 0 Å². The molecule has 0 spiro atoms. The summed E-state index contributed by atoms with van der Waals surface area (Å²) in [5.41, 5.74) is 4.37. The highest BCUT2D eigenvalue weighted by molar-refractivity contribution is 7.99. The monoisotopic (exact) mass is 343 g/mol. The van der Waals surface area contributed by atoms with Gasteiger partial charge in [-0.1, -0.05) is 43.3 Å². The van der Waals surface area contributed by atoms with Crippen molar-refractivity contribution in [2.45, 2.75) is 32.9 Å². The molecule has 1 N–H and O–H groups in total. The number of ether oxygens (including phenoxy) is 1. The van der Waals surface area contributed by atoms with Crippen LogP contribution in [0.5, 0.6) is 5.75 Å². The second kappa shape index (κ2) is 9.38. The third-order valence-corrected chi connectivity index (χ3v) is 4.75. The van der Waals surface area contributed by atoms with Gasteiger partial charge in [0.15, 0.2) is 0 Å². The van der Waals surface area contributed by atoms with Crippen molar-refractivity contribution >= 4 is 23.4 Å². The van der Waals surface area contributed by atoms with Crippen LogP contribution in [-0.2, 0) is 17.0 Å². The number of hydrogen-bond donors (Lipinski definition) is 1. The van der Waals surface area contributed by atoms with E-state index in [4.69, 9.17) is 4.74 Å². The smallest absolute Gasteiger partial charge is 0.234 e. The molecule has 4 heteroatoms. The Labute approximate surface area is 148 Å². The minimum atomic E-state index is 0.0397. The molecule has 128 valence electrons. The third kappa shape index (κ3) is 5.03. The minimum Gasteiger partial charge on any atom is -0.494 e. The summed E-state index contributed by atoms with van der Waals surface area (Å²) in [6.45, 7) is 6.75. The average Bonchev–Trinajstić information content (AvgIpc) is 2.58. The molecule has 0 heterocycles. The fraction of sp³-hybridized carbons (Fsp3) is 0.350. The molecule has 24 heavy (non-hydrogen) atoms. The highest BCUT2D eigenvalue weighted by Gasteiger charge is 2.09. The summed E-state index contributed by atoms with van der Waals surface area (Å²) >= 11 is 1.60. The van der Waals surface area contributed by atoms with Crippen LogP contribution < -0.4 is 10.1 Å². The molecule has 0 aliphatic carbocycles. The number of thioether (sulfide) groups is 1. The van der Waals surface area contributed by atoms with Crippen LogP contribution in [0.15, 0.2) is 42.5 Å². The second-order valence-corrected chi connectivity index (χ2v) is 6.53. The number of hydrogen-bond acceptors (Lipinski definition) is 3. The van der Waals surface area contributed by atoms with E-state index in [-0.39, 0.29) is 5.91 Å². The first-order chi connectivity index (χ1) is 11.7. The first-order valence-corrected chi connectivity index (χ1v) is 9.48. The topological polar surface area (TPSA) is 38.3 Å². The van der Waals surface area contributed by atoms with Gasteiger partial charge >= 0.3 is 0 Å². The molecule has 0 saturated carbocycles. The van der Waals surface area contributed by atoms with Crippen LogP contribution in [0.4, 0.5) is 5.69 Å². The van der Waals surface area contributed by atoms with Gasteiger partial charge in [0.2, 0.25) is 5.91 Å². The molecule has 0 saturated heterocycles. The Morgan fingerprint density at radius 3 is 2.58 bits per heavy atom. The van der Waals surface area contributed by atoms with E-state index in [9.17, 15) is 4.79 Å². The molecule has 0 unspecified atom stereocenters. The van der Waals surface area contributed by atoms with E-state index >= 15 is 0 Å². The van der Waals surface area contributed by atoms with E-state index in [0.717, 1.165) is 34.7 Å². The zero-order chi connectivity index (χ0) is 17.4. The number of carbonyl (C=O) groups excluding carboxylic acids is 1. The van der Waals surface area contributed by atoms with Crippen LogP contribution >= 0.6 is 11.8 Å². The molecule has 1 amide bonds. The van der Waals surface area contributed by atoms with E-state index in [1.54, 1.807) is 11.8 Å². The van der Waals surface area contributed by atoms with Gasteiger partial charge in [-0.15, -0.1) is 11.8 Å². The summed E-state index contributed by atoms with van der Waals surface area (Å²) in [5.74, 6) is 2.13. The molecular formula is C20H25NO2S. The lowest BCUT2D eigenvalue weighted by Crippen LogP contribution is -2.16. The fourth-order valence-corrected chi connectivity index (χ4v) is 3.37. The number of carbonyl (C=O) groups is 1. The van der Waals surface area contributed by atoms with Crippen molar-refractivity contribution in [2.24, 2.45) is 0 Å². The van der Waals surface area contributed by atoms with Gasteiger partial charge in [-0.05, 0) is 37.5 Å². The van der Waals surface area contributed by atoms with Crippen molar-refractivity contribution < 1.29 is 9.53 Å². The molecule has 0 atom stereocenters. The van der Waals surface area contributed by atoms with Crippen molar-refractivity contribution in [2.75, 3.05) is 17.7 Å². The van der Waals surface area contributed by atoms with E-state index < -0.39 is 0 Å². The molecule has 0 fully saturated rings. The number of para-hydroxylation sites is 2. The van der Waals surface area contributed by atoms with Gasteiger partial charge in [0, 0.05) is 17.0 Å². The summed E-state index contributed by atoms with van der Waals surface area (Å²) in [7, 11) is 0. The van der Waals surface area contributed by atoms with Gasteiger partial charge in [-0.25, -0.2) is 0 Å².